The lowest BCUT2D eigenvalue weighted by Crippen LogP contribution is -2.56. The fraction of sp³-hybridized carbons (Fsp3) is 0.892. The van der Waals surface area contributed by atoms with E-state index in [4.69, 9.17) is 0 Å². The van der Waals surface area contributed by atoms with Gasteiger partial charge in [-0.05, 0) is 141 Å². The summed E-state index contributed by atoms with van der Waals surface area (Å²) < 4.78 is 0. The van der Waals surface area contributed by atoms with Crippen molar-refractivity contribution in [2.75, 3.05) is 0 Å². The van der Waals surface area contributed by atoms with Crippen LogP contribution < -0.4 is 0 Å². The number of allylic oxidation sites excluding steroid dienone is 4. The average Bonchev–Trinajstić information content (AvgIpc) is 3.19. The Morgan fingerprint density at radius 3 is 2.29 bits per heavy atom. The molecule has 38 heavy (non-hydrogen) atoms. The summed E-state index contributed by atoms with van der Waals surface area (Å²) in [4.78, 5) is 0. The number of aliphatic hydroxyl groups excluding tert-OH is 1. The van der Waals surface area contributed by atoms with Gasteiger partial charge in [-0.1, -0.05) is 83.6 Å². The second kappa shape index (κ2) is 10.1. The molecule has 0 amide bonds. The molecule has 0 spiro atoms. The molecule has 6 rings (SSSR count). The lowest BCUT2D eigenvalue weighted by molar-refractivity contribution is -0.134. The van der Waals surface area contributed by atoms with Gasteiger partial charge in [-0.2, -0.15) is 0 Å². The van der Waals surface area contributed by atoms with Gasteiger partial charge in [-0.15, -0.1) is 0 Å². The van der Waals surface area contributed by atoms with E-state index in [9.17, 15) is 5.11 Å². The second-order valence-electron chi connectivity index (χ2n) is 16.3. The molecule has 2 bridgehead atoms. The third kappa shape index (κ3) is 4.01. The molecule has 0 aromatic heterocycles. The molecular formula is C37H60O. The van der Waals surface area contributed by atoms with Gasteiger partial charge in [0, 0.05) is 0 Å². The van der Waals surface area contributed by atoms with Crippen molar-refractivity contribution in [1.29, 1.82) is 0 Å². The monoisotopic (exact) mass is 520 g/mol. The van der Waals surface area contributed by atoms with Crippen molar-refractivity contribution in [2.24, 2.45) is 63.6 Å². The predicted molar refractivity (Wildman–Crippen MR) is 161 cm³/mol. The van der Waals surface area contributed by atoms with Gasteiger partial charge in [0.25, 0.3) is 0 Å². The van der Waals surface area contributed by atoms with Crippen LogP contribution in [0.3, 0.4) is 0 Å². The van der Waals surface area contributed by atoms with Crippen LogP contribution in [0, 0.1) is 63.6 Å². The molecule has 1 heteroatoms. The molecule has 0 radical (unpaired) electrons. The molecule has 0 heterocycles. The van der Waals surface area contributed by atoms with Crippen LogP contribution in [0.25, 0.3) is 0 Å². The van der Waals surface area contributed by atoms with Crippen LogP contribution >= 0.6 is 0 Å². The van der Waals surface area contributed by atoms with Crippen LogP contribution in [-0.2, 0) is 0 Å². The van der Waals surface area contributed by atoms with Crippen molar-refractivity contribution in [2.45, 2.75) is 144 Å². The Balaban J connectivity index is 1.27. The molecule has 5 saturated carbocycles. The molecule has 1 N–H and O–H groups in total. The Labute approximate surface area is 235 Å². The number of fused-ring (bicyclic) bond motifs is 5. The second-order valence-corrected chi connectivity index (χ2v) is 16.3. The van der Waals surface area contributed by atoms with E-state index in [1.54, 1.807) is 5.57 Å². The van der Waals surface area contributed by atoms with Crippen LogP contribution in [-0.4, -0.2) is 11.2 Å². The van der Waals surface area contributed by atoms with Crippen LogP contribution in [0.15, 0.2) is 23.3 Å². The first-order valence-corrected chi connectivity index (χ1v) is 17.2. The zero-order chi connectivity index (χ0) is 26.9. The highest BCUT2D eigenvalue weighted by Gasteiger charge is 2.64. The van der Waals surface area contributed by atoms with Gasteiger partial charge >= 0.3 is 0 Å². The smallest absolute Gasteiger partial charge is 0.0576 e. The fourth-order valence-corrected chi connectivity index (χ4v) is 13.1. The first-order chi connectivity index (χ1) is 18.2. The molecule has 0 aromatic carbocycles. The highest BCUT2D eigenvalue weighted by molar-refractivity contribution is 5.29. The molecule has 6 aliphatic carbocycles. The van der Waals surface area contributed by atoms with Crippen molar-refractivity contribution in [3.63, 3.8) is 0 Å². The lowest BCUT2D eigenvalue weighted by Gasteiger charge is -2.63. The van der Waals surface area contributed by atoms with E-state index < -0.39 is 0 Å². The zero-order valence-corrected chi connectivity index (χ0v) is 25.9. The van der Waals surface area contributed by atoms with Gasteiger partial charge in [0.1, 0.15) is 0 Å². The maximum atomic E-state index is 11.7. The molecule has 5 fully saturated rings. The number of aliphatic hydroxyl groups is 1. The minimum absolute atomic E-state index is 0.0371. The van der Waals surface area contributed by atoms with Crippen molar-refractivity contribution in [3.05, 3.63) is 23.3 Å². The lowest BCUT2D eigenvalue weighted by atomic mass is 9.41. The van der Waals surface area contributed by atoms with Crippen molar-refractivity contribution >= 4 is 0 Å². The molecule has 9 atom stereocenters. The molecule has 0 aromatic rings. The summed E-state index contributed by atoms with van der Waals surface area (Å²) in [6, 6.07) is 0. The molecule has 0 saturated heterocycles. The van der Waals surface area contributed by atoms with E-state index in [2.05, 4.69) is 53.7 Å². The normalized spacial score (nSPS) is 49.3. The summed E-state index contributed by atoms with van der Waals surface area (Å²) in [5, 5.41) is 11.7. The molecule has 1 nitrogen and oxygen atoms in total. The first-order valence-electron chi connectivity index (χ1n) is 17.2. The predicted octanol–water partition coefficient (Wildman–Crippen LogP) is 10.1. The van der Waals surface area contributed by atoms with Crippen molar-refractivity contribution in [3.8, 4) is 0 Å². The number of hydrogen-bond acceptors (Lipinski definition) is 1. The quantitative estimate of drug-likeness (QED) is 0.357. The first kappa shape index (κ1) is 27.6. The van der Waals surface area contributed by atoms with Crippen LogP contribution in [0.4, 0.5) is 0 Å². The summed E-state index contributed by atoms with van der Waals surface area (Å²) in [5.41, 5.74) is 4.92. The Morgan fingerprint density at radius 2 is 1.61 bits per heavy atom. The van der Waals surface area contributed by atoms with Gasteiger partial charge < -0.3 is 5.11 Å². The highest BCUT2D eigenvalue weighted by Crippen LogP contribution is 2.72. The molecule has 6 aliphatic rings. The highest BCUT2D eigenvalue weighted by atomic mass is 16.3. The number of rotatable bonds is 5. The third-order valence-electron chi connectivity index (χ3n) is 14.7. The topological polar surface area (TPSA) is 20.2 Å². The maximum absolute atomic E-state index is 11.7. The van der Waals surface area contributed by atoms with Crippen LogP contribution in [0.2, 0.25) is 0 Å². The SMILES string of the molecule is C/C=C(/CCC(C)C1CCC2C3=CCC4C(C)(CCC(O)C5C6CCCC54CCC6)C3CCC21C)C(C)C. The largest absolute Gasteiger partial charge is 0.393 e. The average molecular weight is 521 g/mol. The Bertz CT molecular complexity index is 930. The van der Waals surface area contributed by atoms with E-state index in [1.807, 2.05) is 5.57 Å². The van der Waals surface area contributed by atoms with Gasteiger partial charge in [0.2, 0.25) is 0 Å². The standard InChI is InChI=1S/C37H60O/c1-7-26(24(2)3)13-12-25(4)29-15-16-30-28-14-17-33-36(6,31(28)18-22-35(29,30)5)23-19-32(38)34-27-10-8-20-37(33,34)21-9-11-27/h7,14,24-25,27,29-34,38H,8-13,15-23H2,1-6H3/b26-7-. The molecule has 9 unspecified atom stereocenters. The summed E-state index contributed by atoms with van der Waals surface area (Å²) >= 11 is 0. The Hall–Kier alpha value is -0.560. The van der Waals surface area contributed by atoms with Gasteiger partial charge in [-0.3, -0.25) is 0 Å². The summed E-state index contributed by atoms with van der Waals surface area (Å²) in [7, 11) is 0. The van der Waals surface area contributed by atoms with E-state index in [-0.39, 0.29) is 6.10 Å². The Morgan fingerprint density at radius 1 is 0.921 bits per heavy atom. The van der Waals surface area contributed by atoms with Gasteiger partial charge in [-0.25, -0.2) is 0 Å². The minimum atomic E-state index is -0.0371. The fourth-order valence-electron chi connectivity index (χ4n) is 13.1. The molecular weight excluding hydrogens is 460 g/mol. The Kier molecular flexibility index (Phi) is 7.31. The van der Waals surface area contributed by atoms with E-state index in [0.717, 1.165) is 41.9 Å². The minimum Gasteiger partial charge on any atom is -0.393 e. The van der Waals surface area contributed by atoms with E-state index >= 15 is 0 Å². The summed E-state index contributed by atoms with van der Waals surface area (Å²) in [5.74, 6) is 6.24. The van der Waals surface area contributed by atoms with Gasteiger partial charge in [0.05, 0.1) is 6.10 Å². The van der Waals surface area contributed by atoms with E-state index in [1.165, 1.54) is 89.9 Å². The molecule has 0 aliphatic heterocycles. The van der Waals surface area contributed by atoms with Crippen LogP contribution in [0.1, 0.15) is 138 Å². The van der Waals surface area contributed by atoms with Crippen molar-refractivity contribution in [1.82, 2.24) is 0 Å². The third-order valence-corrected chi connectivity index (χ3v) is 14.7. The van der Waals surface area contributed by atoms with Gasteiger partial charge in [0.15, 0.2) is 0 Å². The van der Waals surface area contributed by atoms with E-state index in [0.29, 0.717) is 28.1 Å². The molecule has 214 valence electrons. The summed E-state index contributed by atoms with van der Waals surface area (Å²) in [6.07, 6.45) is 25.7. The summed E-state index contributed by atoms with van der Waals surface area (Å²) in [6.45, 7) is 15.0. The maximum Gasteiger partial charge on any atom is 0.0576 e. The number of hydrogen-bond donors (Lipinski definition) is 1. The van der Waals surface area contributed by atoms with Crippen LogP contribution in [0.5, 0.6) is 0 Å². The van der Waals surface area contributed by atoms with Crippen molar-refractivity contribution < 1.29 is 5.11 Å². The zero-order valence-electron chi connectivity index (χ0n) is 25.9.